The molecule has 20 heavy (non-hydrogen) atoms. The van der Waals surface area contributed by atoms with Gasteiger partial charge < -0.3 is 5.32 Å². The Balaban J connectivity index is 2.59. The van der Waals surface area contributed by atoms with Gasteiger partial charge in [0.2, 0.25) is 0 Å². The summed E-state index contributed by atoms with van der Waals surface area (Å²) in [5.74, 6) is 0. The highest BCUT2D eigenvalue weighted by Gasteiger charge is 2.19. The molecule has 0 radical (unpaired) electrons. The van der Waals surface area contributed by atoms with Gasteiger partial charge in [-0.25, -0.2) is 9.71 Å². The van der Waals surface area contributed by atoms with E-state index in [1.54, 1.807) is 7.05 Å². The third-order valence-corrected chi connectivity index (χ3v) is 5.44. The van der Waals surface area contributed by atoms with E-state index in [9.17, 15) is 8.42 Å². The lowest BCUT2D eigenvalue weighted by atomic mass is 10.3. The maximum absolute atomic E-state index is 12.1. The number of anilines is 1. The van der Waals surface area contributed by atoms with Crippen LogP contribution in [0.2, 0.25) is 0 Å². The molecule has 0 aromatic carbocycles. The van der Waals surface area contributed by atoms with E-state index in [2.05, 4.69) is 15.0 Å². The number of hydrogen-bond acceptors (Lipinski definition) is 5. The first-order valence-corrected chi connectivity index (χ1v) is 9.07. The van der Waals surface area contributed by atoms with Crippen LogP contribution < -0.4 is 10.0 Å². The van der Waals surface area contributed by atoms with Gasteiger partial charge in [0.25, 0.3) is 0 Å². The van der Waals surface area contributed by atoms with Gasteiger partial charge in [-0.15, -0.1) is 11.3 Å². The molecule has 0 fully saturated rings. The molecule has 0 aliphatic heterocycles. The predicted molar refractivity (Wildman–Crippen MR) is 84.6 cm³/mol. The van der Waals surface area contributed by atoms with Crippen molar-refractivity contribution in [2.45, 2.75) is 33.6 Å². The molecule has 0 saturated heterocycles. The zero-order valence-corrected chi connectivity index (χ0v) is 14.2. The molecule has 6 nitrogen and oxygen atoms in total. The molecule has 0 bridgehead atoms. The molecular weight excluding hydrogens is 296 g/mol. The third kappa shape index (κ3) is 5.01. The minimum absolute atomic E-state index is 0.442. The number of thiazole rings is 1. The third-order valence-electron chi connectivity index (χ3n) is 2.93. The smallest absolute Gasteiger partial charge is 0.303 e. The van der Waals surface area contributed by atoms with Gasteiger partial charge in [0.1, 0.15) is 0 Å². The van der Waals surface area contributed by atoms with Crippen molar-refractivity contribution < 1.29 is 8.42 Å². The van der Waals surface area contributed by atoms with Gasteiger partial charge in [0.05, 0.1) is 5.69 Å². The van der Waals surface area contributed by atoms with E-state index in [1.807, 2.05) is 20.8 Å². The zero-order chi connectivity index (χ0) is 15.2. The number of rotatable bonds is 9. The van der Waals surface area contributed by atoms with Crippen LogP contribution in [-0.4, -0.2) is 44.4 Å². The molecule has 116 valence electrons. The molecule has 1 heterocycles. The molecule has 0 amide bonds. The SMILES string of the molecule is CCNCCCN(C)S(=O)(=O)Nc1nc(CC)c(C)s1. The van der Waals surface area contributed by atoms with Crippen LogP contribution in [0.3, 0.4) is 0 Å². The highest BCUT2D eigenvalue weighted by Crippen LogP contribution is 2.23. The monoisotopic (exact) mass is 320 g/mol. The van der Waals surface area contributed by atoms with Gasteiger partial charge in [-0.05, 0) is 32.9 Å². The van der Waals surface area contributed by atoms with Crippen LogP contribution in [-0.2, 0) is 16.6 Å². The van der Waals surface area contributed by atoms with Crippen molar-refractivity contribution in [1.82, 2.24) is 14.6 Å². The Hall–Kier alpha value is -0.700. The van der Waals surface area contributed by atoms with Gasteiger partial charge in [0.15, 0.2) is 5.13 Å². The Kier molecular flexibility index (Phi) is 6.87. The second kappa shape index (κ2) is 7.92. The van der Waals surface area contributed by atoms with Gasteiger partial charge >= 0.3 is 10.2 Å². The summed E-state index contributed by atoms with van der Waals surface area (Å²) in [7, 11) is -1.93. The second-order valence-corrected chi connectivity index (χ2v) is 7.49. The number of hydrogen-bond donors (Lipinski definition) is 2. The summed E-state index contributed by atoms with van der Waals surface area (Å²) < 4.78 is 28.1. The van der Waals surface area contributed by atoms with Crippen molar-refractivity contribution in [3.63, 3.8) is 0 Å². The van der Waals surface area contributed by atoms with E-state index >= 15 is 0 Å². The fraction of sp³-hybridized carbons (Fsp3) is 0.750. The molecule has 2 N–H and O–H groups in total. The molecule has 1 aromatic heterocycles. The van der Waals surface area contributed by atoms with Crippen molar-refractivity contribution in [3.8, 4) is 0 Å². The quantitative estimate of drug-likeness (QED) is 0.678. The van der Waals surface area contributed by atoms with Gasteiger partial charge in [0, 0.05) is 18.5 Å². The Labute approximate surface area is 125 Å². The maximum atomic E-state index is 12.1. The normalized spacial score (nSPS) is 12.1. The first kappa shape index (κ1) is 17.4. The second-order valence-electron chi connectivity index (χ2n) is 4.51. The number of aryl methyl sites for hydroxylation is 2. The Morgan fingerprint density at radius 1 is 1.35 bits per heavy atom. The Morgan fingerprint density at radius 3 is 2.60 bits per heavy atom. The number of nitrogens with one attached hydrogen (secondary N) is 2. The fourth-order valence-corrected chi connectivity index (χ4v) is 3.74. The zero-order valence-electron chi connectivity index (χ0n) is 12.6. The molecule has 0 unspecified atom stereocenters. The topological polar surface area (TPSA) is 74.3 Å². The molecule has 1 aromatic rings. The summed E-state index contributed by atoms with van der Waals surface area (Å²) in [6.45, 7) is 8.17. The summed E-state index contributed by atoms with van der Waals surface area (Å²) in [5, 5.41) is 3.61. The van der Waals surface area contributed by atoms with Gasteiger partial charge in [-0.3, -0.25) is 0 Å². The molecule has 0 spiro atoms. The van der Waals surface area contributed by atoms with Crippen molar-refractivity contribution in [1.29, 1.82) is 0 Å². The fourth-order valence-electron chi connectivity index (χ4n) is 1.71. The number of nitrogens with zero attached hydrogens (tertiary/aromatic N) is 2. The van der Waals surface area contributed by atoms with E-state index in [0.29, 0.717) is 11.7 Å². The van der Waals surface area contributed by atoms with E-state index in [-0.39, 0.29) is 0 Å². The van der Waals surface area contributed by atoms with Crippen molar-refractivity contribution in [2.75, 3.05) is 31.4 Å². The summed E-state index contributed by atoms with van der Waals surface area (Å²) >= 11 is 1.37. The largest absolute Gasteiger partial charge is 0.317 e. The lowest BCUT2D eigenvalue weighted by Crippen LogP contribution is -2.34. The lowest BCUT2D eigenvalue weighted by molar-refractivity contribution is 0.459. The highest BCUT2D eigenvalue weighted by molar-refractivity contribution is 7.90. The molecular formula is C12H24N4O2S2. The maximum Gasteiger partial charge on any atom is 0.303 e. The highest BCUT2D eigenvalue weighted by atomic mass is 32.2. The van der Waals surface area contributed by atoms with Gasteiger partial charge in [-0.2, -0.15) is 12.7 Å². The van der Waals surface area contributed by atoms with Crippen LogP contribution >= 0.6 is 11.3 Å². The Morgan fingerprint density at radius 2 is 2.05 bits per heavy atom. The van der Waals surface area contributed by atoms with Crippen molar-refractivity contribution >= 4 is 26.7 Å². The van der Waals surface area contributed by atoms with E-state index in [4.69, 9.17) is 0 Å². The summed E-state index contributed by atoms with van der Waals surface area (Å²) in [6.07, 6.45) is 1.59. The van der Waals surface area contributed by atoms with Crippen molar-refractivity contribution in [3.05, 3.63) is 10.6 Å². The molecule has 1 rings (SSSR count). The molecule has 0 saturated carbocycles. The molecule has 8 heteroatoms. The summed E-state index contributed by atoms with van der Waals surface area (Å²) in [5.41, 5.74) is 0.947. The predicted octanol–water partition coefficient (Wildman–Crippen LogP) is 1.60. The van der Waals surface area contributed by atoms with Crippen LogP contribution in [0.25, 0.3) is 0 Å². The van der Waals surface area contributed by atoms with E-state index < -0.39 is 10.2 Å². The molecule has 0 aliphatic rings. The Bertz CT molecular complexity index is 514. The van der Waals surface area contributed by atoms with Crippen LogP contribution in [0.1, 0.15) is 30.8 Å². The summed E-state index contributed by atoms with van der Waals surface area (Å²) in [4.78, 5) is 5.35. The standard InChI is InChI=1S/C12H24N4O2S2/c1-5-11-10(3)19-12(14-11)15-20(17,18)16(4)9-7-8-13-6-2/h13H,5-9H2,1-4H3,(H,14,15). The van der Waals surface area contributed by atoms with Crippen LogP contribution in [0.15, 0.2) is 0 Å². The van der Waals surface area contributed by atoms with E-state index in [1.165, 1.54) is 15.6 Å². The summed E-state index contributed by atoms with van der Waals surface area (Å²) in [6, 6.07) is 0. The first-order valence-electron chi connectivity index (χ1n) is 6.81. The lowest BCUT2D eigenvalue weighted by Gasteiger charge is -2.17. The average molecular weight is 320 g/mol. The average Bonchev–Trinajstić information content (AvgIpc) is 2.73. The first-order chi connectivity index (χ1) is 9.40. The van der Waals surface area contributed by atoms with Crippen LogP contribution in [0, 0.1) is 6.92 Å². The molecule has 0 atom stereocenters. The minimum Gasteiger partial charge on any atom is -0.317 e. The van der Waals surface area contributed by atoms with E-state index in [0.717, 1.165) is 36.5 Å². The van der Waals surface area contributed by atoms with Crippen LogP contribution in [0.5, 0.6) is 0 Å². The van der Waals surface area contributed by atoms with Gasteiger partial charge in [-0.1, -0.05) is 13.8 Å². The number of aromatic nitrogens is 1. The molecule has 0 aliphatic carbocycles. The minimum atomic E-state index is -3.51. The van der Waals surface area contributed by atoms with Crippen molar-refractivity contribution in [2.24, 2.45) is 0 Å². The van der Waals surface area contributed by atoms with Crippen LogP contribution in [0.4, 0.5) is 5.13 Å².